The van der Waals surface area contributed by atoms with Crippen LogP contribution in [0.3, 0.4) is 0 Å². The largest absolute Gasteiger partial charge is 0.465 e. The maximum absolute atomic E-state index is 10.9. The van der Waals surface area contributed by atoms with E-state index in [4.69, 9.17) is 9.52 Å². The molecule has 0 aliphatic carbocycles. The van der Waals surface area contributed by atoms with Crippen LogP contribution in [-0.4, -0.2) is 27.9 Å². The number of unbranched alkanes of at least 4 members (excludes halogenated alkanes) is 1. The number of nitrogens with zero attached hydrogens (tertiary/aromatic N) is 2. The van der Waals surface area contributed by atoms with Crippen LogP contribution in [0, 0.1) is 0 Å². The van der Waals surface area contributed by atoms with Gasteiger partial charge in [0.1, 0.15) is 6.04 Å². The molecule has 0 fully saturated rings. The van der Waals surface area contributed by atoms with Crippen LogP contribution >= 0.6 is 0 Å². The molecule has 1 aromatic carbocycles. The molecule has 0 bridgehead atoms. The van der Waals surface area contributed by atoms with E-state index in [9.17, 15) is 4.79 Å². The van der Waals surface area contributed by atoms with E-state index < -0.39 is 12.1 Å². The summed E-state index contributed by atoms with van der Waals surface area (Å²) in [5.74, 6) is 0.543. The van der Waals surface area contributed by atoms with Crippen molar-refractivity contribution in [2.45, 2.75) is 25.3 Å². The molecule has 1 amide bonds. The normalized spacial score (nSPS) is 11.5. The number of nitrogens with one attached hydrogen (secondary N) is 2. The van der Waals surface area contributed by atoms with Gasteiger partial charge in [-0.3, -0.25) is 0 Å². The first-order valence-corrected chi connectivity index (χ1v) is 8.03. The zero-order valence-corrected chi connectivity index (χ0v) is 13.9. The number of anilines is 1. The average molecular weight is 342 g/mol. The summed E-state index contributed by atoms with van der Waals surface area (Å²) in [5.41, 5.74) is 1.65. The molecule has 7 nitrogen and oxygen atoms in total. The van der Waals surface area contributed by atoms with Gasteiger partial charge in [-0.2, -0.15) is 0 Å². The lowest BCUT2D eigenvalue weighted by Crippen LogP contribution is -2.26. The van der Waals surface area contributed by atoms with Gasteiger partial charge in [-0.15, -0.1) is 23.4 Å². The molecule has 132 valence electrons. The highest BCUT2D eigenvalue weighted by Gasteiger charge is 2.21. The van der Waals surface area contributed by atoms with Gasteiger partial charge < -0.3 is 20.2 Å². The van der Waals surface area contributed by atoms with Crippen LogP contribution in [0.4, 0.5) is 10.5 Å². The Hall–Kier alpha value is -3.09. The molecule has 0 radical (unpaired) electrons. The highest BCUT2D eigenvalue weighted by Crippen LogP contribution is 2.28. The van der Waals surface area contributed by atoms with Crippen LogP contribution in [0.25, 0.3) is 11.5 Å². The van der Waals surface area contributed by atoms with Crippen LogP contribution in [0.2, 0.25) is 0 Å². The summed E-state index contributed by atoms with van der Waals surface area (Å²) in [6, 6.07) is 6.99. The van der Waals surface area contributed by atoms with Gasteiger partial charge in [0.15, 0.2) is 0 Å². The third kappa shape index (κ3) is 5.20. The van der Waals surface area contributed by atoms with Crippen molar-refractivity contribution in [1.82, 2.24) is 15.5 Å². The minimum atomic E-state index is -1.16. The first-order chi connectivity index (χ1) is 12.2. The van der Waals surface area contributed by atoms with E-state index >= 15 is 0 Å². The van der Waals surface area contributed by atoms with Gasteiger partial charge in [0.2, 0.25) is 11.8 Å². The van der Waals surface area contributed by atoms with Gasteiger partial charge in [0.05, 0.1) is 5.56 Å². The van der Waals surface area contributed by atoms with E-state index in [-0.39, 0.29) is 5.89 Å². The summed E-state index contributed by atoms with van der Waals surface area (Å²) in [6.07, 6.45) is 4.58. The fraction of sp³-hybridized carbons (Fsp3) is 0.278. The van der Waals surface area contributed by atoms with Crippen molar-refractivity contribution >= 4 is 11.8 Å². The molecular weight excluding hydrogens is 320 g/mol. The monoisotopic (exact) mass is 342 g/mol. The maximum atomic E-state index is 10.9. The van der Waals surface area contributed by atoms with Crippen LogP contribution in [0.15, 0.2) is 54.0 Å². The van der Waals surface area contributed by atoms with E-state index in [1.54, 1.807) is 6.08 Å². The van der Waals surface area contributed by atoms with Crippen molar-refractivity contribution in [3.8, 4) is 11.5 Å². The summed E-state index contributed by atoms with van der Waals surface area (Å²) in [6.45, 7) is 8.13. The lowest BCUT2D eigenvalue weighted by Gasteiger charge is -2.10. The minimum Gasteiger partial charge on any atom is -0.465 e. The van der Waals surface area contributed by atoms with Crippen molar-refractivity contribution in [2.75, 3.05) is 11.9 Å². The molecule has 2 rings (SSSR count). The molecule has 3 N–H and O–H groups in total. The first kappa shape index (κ1) is 18.3. The Bertz CT molecular complexity index is 727. The molecule has 1 atom stereocenters. The fourth-order valence-electron chi connectivity index (χ4n) is 2.31. The zero-order chi connectivity index (χ0) is 18.1. The summed E-state index contributed by atoms with van der Waals surface area (Å²) in [7, 11) is 0. The van der Waals surface area contributed by atoms with Gasteiger partial charge in [0.25, 0.3) is 0 Å². The summed E-state index contributed by atoms with van der Waals surface area (Å²) >= 11 is 0. The number of aromatic nitrogens is 2. The second-order valence-electron chi connectivity index (χ2n) is 5.38. The molecule has 7 heteroatoms. The summed E-state index contributed by atoms with van der Waals surface area (Å²) in [5, 5.41) is 22.7. The molecule has 1 heterocycles. The van der Waals surface area contributed by atoms with Gasteiger partial charge in [-0.1, -0.05) is 24.3 Å². The molecule has 25 heavy (non-hydrogen) atoms. The van der Waals surface area contributed by atoms with Crippen molar-refractivity contribution in [1.29, 1.82) is 0 Å². The molecule has 0 spiro atoms. The highest BCUT2D eigenvalue weighted by molar-refractivity contribution is 5.72. The molecule has 0 saturated heterocycles. The van der Waals surface area contributed by atoms with E-state index in [1.807, 2.05) is 30.3 Å². The molecule has 0 aliphatic heterocycles. The van der Waals surface area contributed by atoms with Crippen LogP contribution in [-0.2, 0) is 0 Å². The number of hydrogen-bond donors (Lipinski definition) is 3. The number of benzene rings is 1. The first-order valence-electron chi connectivity index (χ1n) is 8.03. The van der Waals surface area contributed by atoms with Crippen molar-refractivity contribution in [3.05, 3.63) is 55.5 Å². The van der Waals surface area contributed by atoms with Crippen LogP contribution in [0.1, 0.15) is 31.2 Å². The second kappa shape index (κ2) is 9.27. The second-order valence-corrected chi connectivity index (χ2v) is 5.38. The number of allylic oxidation sites excluding steroid dienone is 1. The Balaban J connectivity index is 2.19. The topological polar surface area (TPSA) is 100 Å². The van der Waals surface area contributed by atoms with E-state index in [0.717, 1.165) is 30.6 Å². The number of carboxylic acid groups (broad SMARTS) is 1. The van der Waals surface area contributed by atoms with E-state index in [0.29, 0.717) is 12.3 Å². The fourth-order valence-corrected chi connectivity index (χ4v) is 2.31. The lowest BCUT2D eigenvalue weighted by atomic mass is 10.1. The number of para-hydroxylation sites is 1. The molecule has 1 aromatic heterocycles. The van der Waals surface area contributed by atoms with E-state index in [2.05, 4.69) is 34.0 Å². The molecular formula is C18H22N4O3. The maximum Gasteiger partial charge on any atom is 0.405 e. The average Bonchev–Trinajstić information content (AvgIpc) is 3.08. The van der Waals surface area contributed by atoms with Crippen molar-refractivity contribution in [3.63, 3.8) is 0 Å². The standard InChI is InChI=1S/C18H22N4O3/c1-3-5-8-12-19-14-11-7-6-10-13(14)16-21-22-17(25-16)15(9-4-2)20-18(23)24/h3-4,6-7,10-11,15,19-20H,1-2,5,8-9,12H2,(H,23,24). The predicted molar refractivity (Wildman–Crippen MR) is 96.4 cm³/mol. The molecule has 2 aromatic rings. The summed E-state index contributed by atoms with van der Waals surface area (Å²) < 4.78 is 5.70. The number of amides is 1. The number of carbonyl (C=O) groups is 1. The van der Waals surface area contributed by atoms with Crippen molar-refractivity contribution in [2.24, 2.45) is 0 Å². The Morgan fingerprint density at radius 1 is 1.28 bits per heavy atom. The predicted octanol–water partition coefficient (Wildman–Crippen LogP) is 4.00. The van der Waals surface area contributed by atoms with Crippen LogP contribution < -0.4 is 10.6 Å². The van der Waals surface area contributed by atoms with Gasteiger partial charge in [0, 0.05) is 12.2 Å². The van der Waals surface area contributed by atoms with Crippen molar-refractivity contribution < 1.29 is 14.3 Å². The number of hydrogen-bond acceptors (Lipinski definition) is 5. The summed E-state index contributed by atoms with van der Waals surface area (Å²) in [4.78, 5) is 10.9. The minimum absolute atomic E-state index is 0.207. The van der Waals surface area contributed by atoms with E-state index in [1.165, 1.54) is 0 Å². The third-order valence-corrected chi connectivity index (χ3v) is 3.50. The zero-order valence-electron chi connectivity index (χ0n) is 13.9. The Labute approximate surface area is 146 Å². The smallest absolute Gasteiger partial charge is 0.405 e. The quantitative estimate of drug-likeness (QED) is 0.446. The SMILES string of the molecule is C=CCCCNc1ccccc1-c1nnc(C(CC=C)NC(=O)O)o1. The highest BCUT2D eigenvalue weighted by atomic mass is 16.4. The Morgan fingerprint density at radius 3 is 2.80 bits per heavy atom. The lowest BCUT2D eigenvalue weighted by molar-refractivity contribution is 0.187. The van der Waals surface area contributed by atoms with Gasteiger partial charge in [-0.05, 0) is 31.4 Å². The Morgan fingerprint density at radius 2 is 2.08 bits per heavy atom. The van der Waals surface area contributed by atoms with Gasteiger partial charge in [-0.25, -0.2) is 4.79 Å². The third-order valence-electron chi connectivity index (χ3n) is 3.50. The Kier molecular flexibility index (Phi) is 6.76. The molecule has 1 unspecified atom stereocenters. The van der Waals surface area contributed by atoms with Crippen LogP contribution in [0.5, 0.6) is 0 Å². The van der Waals surface area contributed by atoms with Gasteiger partial charge >= 0.3 is 6.09 Å². The number of rotatable bonds is 10. The molecule has 0 aliphatic rings. The molecule has 0 saturated carbocycles.